The summed E-state index contributed by atoms with van der Waals surface area (Å²) in [6, 6.07) is 1.87. The van der Waals surface area contributed by atoms with Gasteiger partial charge in [0.1, 0.15) is 10.4 Å². The Labute approximate surface area is 99.0 Å². The Balaban J connectivity index is 1.81. The van der Waals surface area contributed by atoms with Crippen LogP contribution in [0.4, 0.5) is 0 Å². The van der Waals surface area contributed by atoms with Gasteiger partial charge in [-0.25, -0.2) is 9.97 Å². The van der Waals surface area contributed by atoms with E-state index in [1.807, 2.05) is 12.3 Å². The van der Waals surface area contributed by atoms with Crippen molar-refractivity contribution in [1.29, 1.82) is 0 Å². The standard InChI is InChI=1S/C11H16BrN3/c12-10-4-6-13-11(14-10)5-9-15-7-2-1-3-8-15/h4,6H,1-3,5,7-9H2. The van der Waals surface area contributed by atoms with Crippen molar-refractivity contribution in [2.45, 2.75) is 25.7 Å². The van der Waals surface area contributed by atoms with Gasteiger partial charge in [-0.05, 0) is 47.9 Å². The van der Waals surface area contributed by atoms with Crippen LogP contribution in [0.25, 0.3) is 0 Å². The molecule has 3 nitrogen and oxygen atoms in total. The van der Waals surface area contributed by atoms with Gasteiger partial charge in [0.25, 0.3) is 0 Å². The number of rotatable bonds is 3. The Bertz CT molecular complexity index is 310. The molecule has 1 fully saturated rings. The first kappa shape index (κ1) is 11.0. The number of hydrogen-bond donors (Lipinski definition) is 0. The van der Waals surface area contributed by atoms with Crippen molar-refractivity contribution in [1.82, 2.24) is 14.9 Å². The van der Waals surface area contributed by atoms with Crippen molar-refractivity contribution in [2.75, 3.05) is 19.6 Å². The van der Waals surface area contributed by atoms with E-state index in [0.29, 0.717) is 0 Å². The molecular formula is C11H16BrN3. The first-order chi connectivity index (χ1) is 7.34. The van der Waals surface area contributed by atoms with Crippen LogP contribution in [-0.4, -0.2) is 34.5 Å². The average molecular weight is 270 g/mol. The number of nitrogens with zero attached hydrogens (tertiary/aromatic N) is 3. The lowest BCUT2D eigenvalue weighted by Gasteiger charge is -2.25. The van der Waals surface area contributed by atoms with E-state index in [1.165, 1.54) is 32.4 Å². The van der Waals surface area contributed by atoms with E-state index < -0.39 is 0 Å². The molecule has 15 heavy (non-hydrogen) atoms. The van der Waals surface area contributed by atoms with E-state index in [0.717, 1.165) is 23.4 Å². The molecule has 1 aromatic rings. The molecule has 1 aliphatic rings. The van der Waals surface area contributed by atoms with Gasteiger partial charge in [0.05, 0.1) is 0 Å². The summed E-state index contributed by atoms with van der Waals surface area (Å²) in [5, 5.41) is 0. The fourth-order valence-electron chi connectivity index (χ4n) is 1.94. The fraction of sp³-hybridized carbons (Fsp3) is 0.636. The SMILES string of the molecule is Brc1ccnc(CCN2CCCCC2)n1. The summed E-state index contributed by atoms with van der Waals surface area (Å²) in [5.41, 5.74) is 0. The van der Waals surface area contributed by atoms with E-state index in [-0.39, 0.29) is 0 Å². The average Bonchev–Trinajstić information content (AvgIpc) is 2.28. The molecule has 1 aliphatic heterocycles. The first-order valence-electron chi connectivity index (χ1n) is 5.54. The fourth-order valence-corrected chi connectivity index (χ4v) is 2.26. The van der Waals surface area contributed by atoms with Gasteiger partial charge < -0.3 is 4.90 Å². The van der Waals surface area contributed by atoms with Crippen molar-refractivity contribution in [3.05, 3.63) is 22.7 Å². The molecule has 1 saturated heterocycles. The van der Waals surface area contributed by atoms with Crippen LogP contribution in [0, 0.1) is 0 Å². The molecule has 0 aliphatic carbocycles. The van der Waals surface area contributed by atoms with E-state index >= 15 is 0 Å². The minimum absolute atomic E-state index is 0.881. The molecule has 0 saturated carbocycles. The molecular weight excluding hydrogens is 254 g/mol. The zero-order valence-electron chi connectivity index (χ0n) is 8.82. The maximum Gasteiger partial charge on any atom is 0.130 e. The monoisotopic (exact) mass is 269 g/mol. The Hall–Kier alpha value is -0.480. The summed E-state index contributed by atoms with van der Waals surface area (Å²) >= 11 is 3.36. The molecule has 0 spiro atoms. The molecule has 82 valence electrons. The highest BCUT2D eigenvalue weighted by Crippen LogP contribution is 2.09. The lowest BCUT2D eigenvalue weighted by Crippen LogP contribution is -2.31. The largest absolute Gasteiger partial charge is 0.303 e. The van der Waals surface area contributed by atoms with Crippen LogP contribution in [0.1, 0.15) is 25.1 Å². The molecule has 0 unspecified atom stereocenters. The second-order valence-electron chi connectivity index (χ2n) is 3.95. The molecule has 0 radical (unpaired) electrons. The Morgan fingerprint density at radius 3 is 2.80 bits per heavy atom. The summed E-state index contributed by atoms with van der Waals surface area (Å²) in [4.78, 5) is 11.1. The Morgan fingerprint density at radius 2 is 2.07 bits per heavy atom. The number of halogens is 1. The first-order valence-corrected chi connectivity index (χ1v) is 6.34. The molecule has 1 aromatic heterocycles. The normalized spacial score (nSPS) is 17.9. The second kappa shape index (κ2) is 5.56. The number of aromatic nitrogens is 2. The molecule has 0 bridgehead atoms. The van der Waals surface area contributed by atoms with Gasteiger partial charge in [0.15, 0.2) is 0 Å². The highest BCUT2D eigenvalue weighted by atomic mass is 79.9. The molecule has 2 heterocycles. The van der Waals surface area contributed by atoms with Crippen LogP contribution in [0.3, 0.4) is 0 Å². The van der Waals surface area contributed by atoms with E-state index in [4.69, 9.17) is 0 Å². The van der Waals surface area contributed by atoms with Crippen LogP contribution in [-0.2, 0) is 6.42 Å². The molecule has 0 amide bonds. The minimum atomic E-state index is 0.881. The highest BCUT2D eigenvalue weighted by molar-refractivity contribution is 9.10. The zero-order valence-corrected chi connectivity index (χ0v) is 10.4. The van der Waals surface area contributed by atoms with Crippen molar-refractivity contribution < 1.29 is 0 Å². The smallest absolute Gasteiger partial charge is 0.130 e. The molecule has 0 atom stereocenters. The van der Waals surface area contributed by atoms with E-state index in [2.05, 4.69) is 30.8 Å². The van der Waals surface area contributed by atoms with E-state index in [9.17, 15) is 0 Å². The predicted octanol–water partition coefficient (Wildman–Crippen LogP) is 2.27. The second-order valence-corrected chi connectivity index (χ2v) is 4.76. The molecule has 2 rings (SSSR count). The number of hydrogen-bond acceptors (Lipinski definition) is 3. The van der Waals surface area contributed by atoms with Crippen LogP contribution < -0.4 is 0 Å². The quantitative estimate of drug-likeness (QED) is 0.789. The van der Waals surface area contributed by atoms with Gasteiger partial charge in [0, 0.05) is 19.2 Å². The molecule has 0 N–H and O–H groups in total. The van der Waals surface area contributed by atoms with E-state index in [1.54, 1.807) is 0 Å². The van der Waals surface area contributed by atoms with Crippen molar-refractivity contribution in [3.8, 4) is 0 Å². The summed E-state index contributed by atoms with van der Waals surface area (Å²) in [7, 11) is 0. The zero-order chi connectivity index (χ0) is 10.5. The summed E-state index contributed by atoms with van der Waals surface area (Å²) in [6.07, 6.45) is 6.85. The number of likely N-dealkylation sites (tertiary alicyclic amines) is 1. The molecule has 4 heteroatoms. The minimum Gasteiger partial charge on any atom is -0.303 e. The van der Waals surface area contributed by atoms with Gasteiger partial charge >= 0.3 is 0 Å². The predicted molar refractivity (Wildman–Crippen MR) is 63.7 cm³/mol. The van der Waals surface area contributed by atoms with Crippen molar-refractivity contribution in [3.63, 3.8) is 0 Å². The van der Waals surface area contributed by atoms with Crippen LogP contribution in [0.15, 0.2) is 16.9 Å². The van der Waals surface area contributed by atoms with Gasteiger partial charge in [-0.3, -0.25) is 0 Å². The summed E-state index contributed by atoms with van der Waals surface area (Å²) in [6.45, 7) is 3.58. The van der Waals surface area contributed by atoms with Crippen LogP contribution in [0.5, 0.6) is 0 Å². The van der Waals surface area contributed by atoms with Crippen LogP contribution in [0.2, 0.25) is 0 Å². The molecule has 0 aromatic carbocycles. The lowest BCUT2D eigenvalue weighted by molar-refractivity contribution is 0.230. The topological polar surface area (TPSA) is 29.0 Å². The van der Waals surface area contributed by atoms with Gasteiger partial charge in [-0.1, -0.05) is 6.42 Å². The van der Waals surface area contributed by atoms with Gasteiger partial charge in [0.2, 0.25) is 0 Å². The highest BCUT2D eigenvalue weighted by Gasteiger charge is 2.10. The van der Waals surface area contributed by atoms with Crippen LogP contribution >= 0.6 is 15.9 Å². The summed E-state index contributed by atoms with van der Waals surface area (Å²) < 4.78 is 0.881. The van der Waals surface area contributed by atoms with Crippen molar-refractivity contribution in [2.24, 2.45) is 0 Å². The van der Waals surface area contributed by atoms with Gasteiger partial charge in [-0.2, -0.15) is 0 Å². The Kier molecular flexibility index (Phi) is 4.09. The number of piperidine rings is 1. The maximum atomic E-state index is 4.34. The summed E-state index contributed by atoms with van der Waals surface area (Å²) in [5.74, 6) is 0.940. The third-order valence-corrected chi connectivity index (χ3v) is 3.21. The third-order valence-electron chi connectivity index (χ3n) is 2.77. The van der Waals surface area contributed by atoms with Crippen molar-refractivity contribution >= 4 is 15.9 Å². The Morgan fingerprint density at radius 1 is 1.27 bits per heavy atom. The lowest BCUT2D eigenvalue weighted by atomic mass is 10.1. The third kappa shape index (κ3) is 3.54. The maximum absolute atomic E-state index is 4.34. The van der Waals surface area contributed by atoms with Gasteiger partial charge in [-0.15, -0.1) is 0 Å².